The molecule has 106 valence electrons. The summed E-state index contributed by atoms with van der Waals surface area (Å²) in [6.07, 6.45) is 0.000927. The van der Waals surface area contributed by atoms with Crippen LogP contribution in [-0.4, -0.2) is 13.0 Å². The molecular formula is C16H13FN2O2. The Morgan fingerprint density at radius 1 is 1.29 bits per heavy atom. The number of benzene rings is 2. The monoisotopic (exact) mass is 284 g/mol. The fourth-order valence-electron chi connectivity index (χ4n) is 1.89. The number of rotatable bonds is 4. The van der Waals surface area contributed by atoms with Gasteiger partial charge < -0.3 is 10.1 Å². The number of nitrogens with zero attached hydrogens (tertiary/aromatic N) is 1. The highest BCUT2D eigenvalue weighted by Gasteiger charge is 2.10. The fourth-order valence-corrected chi connectivity index (χ4v) is 1.89. The first-order valence-electron chi connectivity index (χ1n) is 6.25. The van der Waals surface area contributed by atoms with Crippen LogP contribution in [0.3, 0.4) is 0 Å². The van der Waals surface area contributed by atoms with Crippen LogP contribution in [0.25, 0.3) is 0 Å². The third-order valence-electron chi connectivity index (χ3n) is 2.89. The number of hydrogen-bond acceptors (Lipinski definition) is 3. The number of nitrogens with one attached hydrogen (secondary N) is 1. The second kappa shape index (κ2) is 6.53. The van der Waals surface area contributed by atoms with E-state index in [0.717, 1.165) is 0 Å². The van der Waals surface area contributed by atoms with Gasteiger partial charge in [0, 0.05) is 11.3 Å². The van der Waals surface area contributed by atoms with Gasteiger partial charge in [-0.2, -0.15) is 5.26 Å². The molecule has 2 rings (SSSR count). The smallest absolute Gasteiger partial charge is 0.228 e. The number of ether oxygens (including phenoxy) is 1. The Balaban J connectivity index is 2.07. The van der Waals surface area contributed by atoms with E-state index in [2.05, 4.69) is 5.32 Å². The molecule has 0 spiro atoms. The number of hydrogen-bond donors (Lipinski definition) is 1. The lowest BCUT2D eigenvalue weighted by Gasteiger charge is -2.09. The topological polar surface area (TPSA) is 62.1 Å². The summed E-state index contributed by atoms with van der Waals surface area (Å²) in [5.41, 5.74) is 1.57. The van der Waals surface area contributed by atoms with Crippen LogP contribution in [0.15, 0.2) is 42.5 Å². The summed E-state index contributed by atoms with van der Waals surface area (Å²) in [7, 11) is 1.47. The van der Waals surface area contributed by atoms with Crippen LogP contribution >= 0.6 is 0 Å². The van der Waals surface area contributed by atoms with Crippen molar-refractivity contribution < 1.29 is 13.9 Å². The van der Waals surface area contributed by atoms with E-state index in [0.29, 0.717) is 22.6 Å². The summed E-state index contributed by atoms with van der Waals surface area (Å²) in [6.45, 7) is 0. The molecule has 0 aromatic heterocycles. The second-order valence-corrected chi connectivity index (χ2v) is 4.37. The second-order valence-electron chi connectivity index (χ2n) is 4.37. The maximum absolute atomic E-state index is 13.2. The molecule has 4 nitrogen and oxygen atoms in total. The Hall–Kier alpha value is -2.87. The number of carbonyl (C=O) groups is 1. The molecule has 1 amide bonds. The summed E-state index contributed by atoms with van der Waals surface area (Å²) in [5.74, 6) is -0.244. The number of amides is 1. The van der Waals surface area contributed by atoms with Crippen molar-refractivity contribution in [3.63, 3.8) is 0 Å². The molecule has 0 aliphatic carbocycles. The van der Waals surface area contributed by atoms with Gasteiger partial charge in [0.05, 0.1) is 25.2 Å². The summed E-state index contributed by atoms with van der Waals surface area (Å²) >= 11 is 0. The van der Waals surface area contributed by atoms with Gasteiger partial charge in [0.25, 0.3) is 0 Å². The van der Waals surface area contributed by atoms with Crippen molar-refractivity contribution in [3.05, 3.63) is 59.4 Å². The summed E-state index contributed by atoms with van der Waals surface area (Å²) < 4.78 is 18.3. The molecule has 0 fully saturated rings. The van der Waals surface area contributed by atoms with Gasteiger partial charge >= 0.3 is 0 Å². The van der Waals surface area contributed by atoms with E-state index in [1.165, 1.54) is 25.3 Å². The average molecular weight is 284 g/mol. The molecule has 0 radical (unpaired) electrons. The molecule has 1 N–H and O–H groups in total. The maximum atomic E-state index is 13.2. The minimum Gasteiger partial charge on any atom is -0.496 e. The van der Waals surface area contributed by atoms with Crippen molar-refractivity contribution in [2.75, 3.05) is 12.4 Å². The van der Waals surface area contributed by atoms with Crippen LogP contribution in [0.4, 0.5) is 10.1 Å². The van der Waals surface area contributed by atoms with E-state index in [1.807, 2.05) is 6.07 Å². The van der Waals surface area contributed by atoms with Crippen LogP contribution < -0.4 is 10.1 Å². The minimum atomic E-state index is -0.419. The highest BCUT2D eigenvalue weighted by atomic mass is 19.1. The van der Waals surface area contributed by atoms with Gasteiger partial charge in [-0.3, -0.25) is 4.79 Å². The lowest BCUT2D eigenvalue weighted by Crippen LogP contribution is -2.15. The van der Waals surface area contributed by atoms with E-state index in [1.54, 1.807) is 24.3 Å². The molecule has 0 saturated heterocycles. The standard InChI is InChI=1S/C16H13FN2O2/c1-21-15-7-4-13(17)8-12(15)9-16(20)19-14-5-2-11(10-18)3-6-14/h2-8H,9H2,1H3,(H,19,20). The molecule has 0 bridgehead atoms. The molecule has 0 heterocycles. The first-order valence-corrected chi connectivity index (χ1v) is 6.25. The summed E-state index contributed by atoms with van der Waals surface area (Å²) in [6, 6.07) is 12.5. The third kappa shape index (κ3) is 3.80. The quantitative estimate of drug-likeness (QED) is 0.939. The zero-order valence-corrected chi connectivity index (χ0v) is 11.4. The van der Waals surface area contributed by atoms with Crippen LogP contribution in [-0.2, 0) is 11.2 Å². The zero-order chi connectivity index (χ0) is 15.2. The normalized spacial score (nSPS) is 9.76. The highest BCUT2D eigenvalue weighted by molar-refractivity contribution is 5.92. The SMILES string of the molecule is COc1ccc(F)cc1CC(=O)Nc1ccc(C#N)cc1. The van der Waals surface area contributed by atoms with E-state index in [9.17, 15) is 9.18 Å². The van der Waals surface area contributed by atoms with Crippen molar-refractivity contribution in [1.82, 2.24) is 0 Å². The van der Waals surface area contributed by atoms with Crippen LogP contribution in [0.5, 0.6) is 5.75 Å². The van der Waals surface area contributed by atoms with Gasteiger partial charge in [-0.1, -0.05) is 0 Å². The van der Waals surface area contributed by atoms with Crippen molar-refractivity contribution in [2.24, 2.45) is 0 Å². The minimum absolute atomic E-state index is 0.000927. The number of carbonyl (C=O) groups excluding carboxylic acids is 1. The van der Waals surface area contributed by atoms with Crippen molar-refractivity contribution in [3.8, 4) is 11.8 Å². The van der Waals surface area contributed by atoms with Crippen LogP contribution in [0.1, 0.15) is 11.1 Å². The number of halogens is 1. The maximum Gasteiger partial charge on any atom is 0.228 e. The van der Waals surface area contributed by atoms with E-state index in [4.69, 9.17) is 10.00 Å². The van der Waals surface area contributed by atoms with Gasteiger partial charge in [-0.25, -0.2) is 4.39 Å². The summed E-state index contributed by atoms with van der Waals surface area (Å²) in [5, 5.41) is 11.4. The van der Waals surface area contributed by atoms with Gasteiger partial charge in [-0.05, 0) is 42.5 Å². The van der Waals surface area contributed by atoms with Gasteiger partial charge in [0.15, 0.2) is 0 Å². The number of methoxy groups -OCH3 is 1. The molecule has 2 aromatic rings. The van der Waals surface area contributed by atoms with Gasteiger partial charge in [0.2, 0.25) is 5.91 Å². The molecule has 0 atom stereocenters. The lowest BCUT2D eigenvalue weighted by molar-refractivity contribution is -0.115. The largest absolute Gasteiger partial charge is 0.496 e. The Kier molecular flexibility index (Phi) is 4.52. The zero-order valence-electron chi connectivity index (χ0n) is 11.4. The first-order chi connectivity index (χ1) is 10.1. The van der Waals surface area contributed by atoms with Crippen molar-refractivity contribution >= 4 is 11.6 Å². The molecule has 2 aromatic carbocycles. The average Bonchev–Trinajstić information content (AvgIpc) is 2.48. The Labute approximate surface area is 121 Å². The molecule has 0 saturated carbocycles. The summed E-state index contributed by atoms with van der Waals surface area (Å²) in [4.78, 5) is 12.0. The molecule has 0 unspecified atom stereocenters. The molecule has 0 aliphatic heterocycles. The van der Waals surface area contributed by atoms with Gasteiger partial charge in [-0.15, -0.1) is 0 Å². The molecular weight excluding hydrogens is 271 g/mol. The van der Waals surface area contributed by atoms with E-state index in [-0.39, 0.29) is 12.3 Å². The van der Waals surface area contributed by atoms with Crippen molar-refractivity contribution in [1.29, 1.82) is 5.26 Å². The molecule has 0 aliphatic rings. The first kappa shape index (κ1) is 14.5. The predicted octanol–water partition coefficient (Wildman–Crippen LogP) is 2.89. The molecule has 5 heteroatoms. The number of nitriles is 1. The van der Waals surface area contributed by atoms with E-state index >= 15 is 0 Å². The van der Waals surface area contributed by atoms with Crippen LogP contribution in [0, 0.1) is 17.1 Å². The number of anilines is 1. The Morgan fingerprint density at radius 2 is 2.00 bits per heavy atom. The lowest BCUT2D eigenvalue weighted by atomic mass is 10.1. The molecule has 21 heavy (non-hydrogen) atoms. The van der Waals surface area contributed by atoms with Crippen LogP contribution in [0.2, 0.25) is 0 Å². The Morgan fingerprint density at radius 3 is 2.62 bits per heavy atom. The van der Waals surface area contributed by atoms with Gasteiger partial charge in [0.1, 0.15) is 11.6 Å². The van der Waals surface area contributed by atoms with E-state index < -0.39 is 5.82 Å². The third-order valence-corrected chi connectivity index (χ3v) is 2.89. The Bertz CT molecular complexity index is 690. The predicted molar refractivity (Wildman–Crippen MR) is 76.4 cm³/mol. The fraction of sp³-hybridized carbons (Fsp3) is 0.125. The highest BCUT2D eigenvalue weighted by Crippen LogP contribution is 2.20. The van der Waals surface area contributed by atoms with Crippen molar-refractivity contribution in [2.45, 2.75) is 6.42 Å².